The highest BCUT2D eigenvalue weighted by Gasteiger charge is 2.31. The van der Waals surface area contributed by atoms with Gasteiger partial charge in [-0.25, -0.2) is 0 Å². The summed E-state index contributed by atoms with van der Waals surface area (Å²) in [5.74, 6) is 0.900. The molecule has 1 aromatic rings. The molecule has 2 aliphatic rings. The van der Waals surface area contributed by atoms with Crippen LogP contribution in [0.15, 0.2) is 24.5 Å². The third-order valence-corrected chi connectivity index (χ3v) is 5.02. The number of aromatic nitrogens is 1. The zero-order chi connectivity index (χ0) is 15.4. The molecule has 1 aliphatic heterocycles. The molecule has 1 atom stereocenters. The second-order valence-corrected chi connectivity index (χ2v) is 6.75. The quantitative estimate of drug-likeness (QED) is 0.857. The fraction of sp³-hybridized carbons (Fsp3) is 0.667. The molecule has 0 bridgehead atoms. The molecular weight excluding hydrogens is 276 g/mol. The Labute approximate surface area is 132 Å². The molecule has 0 spiro atoms. The van der Waals surface area contributed by atoms with Crippen LogP contribution >= 0.6 is 0 Å². The van der Waals surface area contributed by atoms with Crippen LogP contribution in [-0.4, -0.2) is 41.1 Å². The Morgan fingerprint density at radius 3 is 2.77 bits per heavy atom. The molecule has 3 rings (SSSR count). The van der Waals surface area contributed by atoms with Crippen molar-refractivity contribution in [2.75, 3.05) is 13.2 Å². The second kappa shape index (κ2) is 7.23. The Bertz CT molecular complexity index is 477. The predicted octanol–water partition coefficient (Wildman–Crippen LogP) is 3.28. The van der Waals surface area contributed by atoms with E-state index >= 15 is 0 Å². The predicted molar refractivity (Wildman–Crippen MR) is 85.7 cm³/mol. The van der Waals surface area contributed by atoms with Gasteiger partial charge >= 0.3 is 0 Å². The van der Waals surface area contributed by atoms with Crippen LogP contribution in [0.1, 0.15) is 55.8 Å². The highest BCUT2D eigenvalue weighted by atomic mass is 16.5. The lowest BCUT2D eigenvalue weighted by atomic mass is 9.86. The van der Waals surface area contributed by atoms with E-state index in [-0.39, 0.29) is 12.0 Å². The van der Waals surface area contributed by atoms with Gasteiger partial charge in [0, 0.05) is 31.6 Å². The van der Waals surface area contributed by atoms with E-state index < -0.39 is 0 Å². The van der Waals surface area contributed by atoms with Crippen LogP contribution in [-0.2, 0) is 4.74 Å². The minimum absolute atomic E-state index is 0.114. The first-order valence-electron chi connectivity index (χ1n) is 8.56. The number of carbonyl (C=O) groups excluding carboxylic acids is 1. The molecule has 0 N–H and O–H groups in total. The van der Waals surface area contributed by atoms with Gasteiger partial charge in [0.25, 0.3) is 5.91 Å². The third-order valence-electron chi connectivity index (χ3n) is 5.02. The van der Waals surface area contributed by atoms with Crippen molar-refractivity contribution in [3.05, 3.63) is 30.1 Å². The standard InChI is InChI=1S/C18H26N2O2/c1-14-6-8-16(9-7-14)20(13-17-5-3-11-22-17)18(21)15-4-2-10-19-12-15/h2,4,10,12,14,16-17H,3,5-9,11,13H2,1H3/t14?,16?,17-/m1/s1. The van der Waals surface area contributed by atoms with Crippen molar-refractivity contribution in [2.24, 2.45) is 5.92 Å². The van der Waals surface area contributed by atoms with Gasteiger partial charge in [0.2, 0.25) is 0 Å². The Morgan fingerprint density at radius 2 is 2.14 bits per heavy atom. The van der Waals surface area contributed by atoms with Crippen molar-refractivity contribution < 1.29 is 9.53 Å². The molecule has 0 unspecified atom stereocenters. The van der Waals surface area contributed by atoms with Crippen LogP contribution in [0, 0.1) is 5.92 Å². The van der Waals surface area contributed by atoms with E-state index in [4.69, 9.17) is 4.74 Å². The molecule has 0 aromatic carbocycles. The third kappa shape index (κ3) is 3.67. The highest BCUT2D eigenvalue weighted by molar-refractivity contribution is 5.94. The van der Waals surface area contributed by atoms with Crippen molar-refractivity contribution in [2.45, 2.75) is 57.6 Å². The van der Waals surface area contributed by atoms with Gasteiger partial charge in [-0.15, -0.1) is 0 Å². The van der Waals surface area contributed by atoms with E-state index in [0.717, 1.165) is 44.8 Å². The molecule has 120 valence electrons. The molecule has 2 fully saturated rings. The summed E-state index contributed by atoms with van der Waals surface area (Å²) >= 11 is 0. The van der Waals surface area contributed by atoms with Gasteiger partial charge in [-0.3, -0.25) is 9.78 Å². The molecule has 1 saturated heterocycles. The van der Waals surface area contributed by atoms with Gasteiger partial charge < -0.3 is 9.64 Å². The zero-order valence-corrected chi connectivity index (χ0v) is 13.4. The number of hydrogen-bond donors (Lipinski definition) is 0. The fourth-order valence-electron chi connectivity index (χ4n) is 3.61. The smallest absolute Gasteiger partial charge is 0.255 e. The summed E-state index contributed by atoms with van der Waals surface area (Å²) in [6.07, 6.45) is 10.4. The molecule has 1 aromatic heterocycles. The topological polar surface area (TPSA) is 42.4 Å². The van der Waals surface area contributed by atoms with Crippen molar-refractivity contribution in [3.8, 4) is 0 Å². The number of amides is 1. The summed E-state index contributed by atoms with van der Waals surface area (Å²) in [7, 11) is 0. The van der Waals surface area contributed by atoms with Gasteiger partial charge in [-0.05, 0) is 56.6 Å². The lowest BCUT2D eigenvalue weighted by molar-refractivity contribution is 0.0341. The molecule has 0 radical (unpaired) electrons. The van der Waals surface area contributed by atoms with Crippen molar-refractivity contribution >= 4 is 5.91 Å². The summed E-state index contributed by atoms with van der Waals surface area (Å²) in [4.78, 5) is 19.1. The van der Waals surface area contributed by atoms with Gasteiger partial charge in [-0.2, -0.15) is 0 Å². The maximum atomic E-state index is 12.9. The lowest BCUT2D eigenvalue weighted by Gasteiger charge is -2.37. The van der Waals surface area contributed by atoms with Crippen LogP contribution in [0.3, 0.4) is 0 Å². The lowest BCUT2D eigenvalue weighted by Crippen LogP contribution is -2.46. The molecule has 1 amide bonds. The van der Waals surface area contributed by atoms with E-state index in [2.05, 4.69) is 16.8 Å². The number of hydrogen-bond acceptors (Lipinski definition) is 3. The van der Waals surface area contributed by atoms with Crippen LogP contribution in [0.25, 0.3) is 0 Å². The monoisotopic (exact) mass is 302 g/mol. The van der Waals surface area contributed by atoms with Crippen LogP contribution in [0.4, 0.5) is 0 Å². The van der Waals surface area contributed by atoms with Crippen LogP contribution in [0.5, 0.6) is 0 Å². The highest BCUT2D eigenvalue weighted by Crippen LogP contribution is 2.29. The first kappa shape index (κ1) is 15.5. The second-order valence-electron chi connectivity index (χ2n) is 6.75. The van der Waals surface area contributed by atoms with Crippen molar-refractivity contribution in [1.29, 1.82) is 0 Å². The van der Waals surface area contributed by atoms with Crippen molar-refractivity contribution in [3.63, 3.8) is 0 Å². The molecule has 22 heavy (non-hydrogen) atoms. The first-order chi connectivity index (χ1) is 10.7. The average Bonchev–Trinajstić information content (AvgIpc) is 3.07. The number of nitrogens with zero attached hydrogens (tertiary/aromatic N) is 2. The van der Waals surface area contributed by atoms with E-state index in [9.17, 15) is 4.79 Å². The number of rotatable bonds is 4. The Hall–Kier alpha value is -1.42. The maximum Gasteiger partial charge on any atom is 0.255 e. The summed E-state index contributed by atoms with van der Waals surface area (Å²) < 4.78 is 5.77. The molecule has 1 aliphatic carbocycles. The Balaban J connectivity index is 1.74. The fourth-order valence-corrected chi connectivity index (χ4v) is 3.61. The number of ether oxygens (including phenoxy) is 1. The van der Waals surface area contributed by atoms with E-state index in [1.54, 1.807) is 12.4 Å². The van der Waals surface area contributed by atoms with Crippen LogP contribution in [0.2, 0.25) is 0 Å². The summed E-state index contributed by atoms with van der Waals surface area (Å²) in [5, 5.41) is 0. The Kier molecular flexibility index (Phi) is 5.08. The number of pyridine rings is 1. The van der Waals surface area contributed by atoms with Gasteiger partial charge in [0.05, 0.1) is 11.7 Å². The Morgan fingerprint density at radius 1 is 1.32 bits per heavy atom. The minimum Gasteiger partial charge on any atom is -0.376 e. The number of carbonyl (C=O) groups is 1. The van der Waals surface area contributed by atoms with E-state index in [1.807, 2.05) is 12.1 Å². The SMILES string of the molecule is CC1CCC(N(C[C@H]2CCCO2)C(=O)c2cccnc2)CC1. The minimum atomic E-state index is 0.114. The molecular formula is C18H26N2O2. The zero-order valence-electron chi connectivity index (χ0n) is 13.4. The summed E-state index contributed by atoms with van der Waals surface area (Å²) in [6.45, 7) is 3.87. The molecule has 4 heteroatoms. The maximum absolute atomic E-state index is 12.9. The van der Waals surface area contributed by atoms with Gasteiger partial charge in [0.1, 0.15) is 0 Å². The van der Waals surface area contributed by atoms with Crippen molar-refractivity contribution in [1.82, 2.24) is 9.88 Å². The van der Waals surface area contributed by atoms with Crippen LogP contribution < -0.4 is 0 Å². The largest absolute Gasteiger partial charge is 0.376 e. The molecule has 1 saturated carbocycles. The molecule has 4 nitrogen and oxygen atoms in total. The normalized spacial score (nSPS) is 28.5. The first-order valence-corrected chi connectivity index (χ1v) is 8.56. The van der Waals surface area contributed by atoms with Gasteiger partial charge in [-0.1, -0.05) is 6.92 Å². The average molecular weight is 302 g/mol. The summed E-state index contributed by atoms with van der Waals surface area (Å²) in [6, 6.07) is 4.05. The summed E-state index contributed by atoms with van der Waals surface area (Å²) in [5.41, 5.74) is 0.694. The van der Waals surface area contributed by atoms with E-state index in [1.165, 1.54) is 12.8 Å². The molecule has 2 heterocycles. The van der Waals surface area contributed by atoms with E-state index in [0.29, 0.717) is 11.6 Å². The van der Waals surface area contributed by atoms with Gasteiger partial charge in [0.15, 0.2) is 0 Å².